The van der Waals surface area contributed by atoms with Crippen LogP contribution in [0, 0.1) is 0 Å². The Morgan fingerprint density at radius 1 is 0.760 bits per heavy atom. The van der Waals surface area contributed by atoms with Gasteiger partial charge in [0.25, 0.3) is 0 Å². The predicted molar refractivity (Wildman–Crippen MR) is 100 cm³/mol. The van der Waals surface area contributed by atoms with Gasteiger partial charge in [0.15, 0.2) is 0 Å². The fraction of sp³-hybridized carbons (Fsp3) is 0.0500. The third kappa shape index (κ3) is 2.82. The Hall–Kier alpha value is -2.60. The van der Waals surface area contributed by atoms with Crippen molar-refractivity contribution >= 4 is 32.1 Å². The molecule has 0 aliphatic carbocycles. The molecule has 0 unspecified atom stereocenters. The third-order valence-corrected chi connectivity index (χ3v) is 6.05. The van der Waals surface area contributed by atoms with Gasteiger partial charge in [0.1, 0.15) is 0 Å². The van der Waals surface area contributed by atoms with E-state index in [0.29, 0.717) is 0 Å². The molecule has 3 N–H and O–H groups in total. The SMILES string of the molecule is O[n+]1ccccc1S(O)(O)Cc1c2ccccc2cc2ccccc12. The zero-order valence-electron chi connectivity index (χ0n) is 13.4. The topological polar surface area (TPSA) is 64.6 Å². The Kier molecular flexibility index (Phi) is 3.84. The van der Waals surface area contributed by atoms with Gasteiger partial charge in [-0.05, 0) is 39.2 Å². The van der Waals surface area contributed by atoms with Crippen LogP contribution in [-0.4, -0.2) is 14.3 Å². The lowest BCUT2D eigenvalue weighted by Crippen LogP contribution is -2.35. The molecule has 0 bridgehead atoms. The fourth-order valence-electron chi connectivity index (χ4n) is 3.22. The zero-order valence-corrected chi connectivity index (χ0v) is 14.2. The molecular formula is C20H18NO3S+. The van der Waals surface area contributed by atoms with Crippen molar-refractivity contribution in [2.45, 2.75) is 10.8 Å². The van der Waals surface area contributed by atoms with Gasteiger partial charge < -0.3 is 0 Å². The third-order valence-electron chi connectivity index (χ3n) is 4.37. The van der Waals surface area contributed by atoms with Crippen LogP contribution in [0.5, 0.6) is 0 Å². The summed E-state index contributed by atoms with van der Waals surface area (Å²) < 4.78 is 22.4. The normalized spacial score (nSPS) is 12.6. The lowest BCUT2D eigenvalue weighted by atomic mass is 9.98. The number of nitrogens with zero attached hydrogens (tertiary/aromatic N) is 1. The van der Waals surface area contributed by atoms with Crippen LogP contribution in [0.25, 0.3) is 21.5 Å². The Bertz CT molecular complexity index is 1020. The van der Waals surface area contributed by atoms with Crippen LogP contribution in [-0.2, 0) is 5.75 Å². The second-order valence-corrected chi connectivity index (χ2v) is 8.03. The van der Waals surface area contributed by atoms with Crippen molar-refractivity contribution in [3.8, 4) is 0 Å². The van der Waals surface area contributed by atoms with Crippen molar-refractivity contribution in [2.24, 2.45) is 0 Å². The number of hydrogen-bond acceptors (Lipinski definition) is 3. The average molecular weight is 352 g/mol. The van der Waals surface area contributed by atoms with E-state index < -0.39 is 10.6 Å². The van der Waals surface area contributed by atoms with E-state index in [2.05, 4.69) is 6.07 Å². The highest BCUT2D eigenvalue weighted by Crippen LogP contribution is 2.50. The standard InChI is InChI=1S/C20H17NO3S/c22-21-12-6-5-11-20(21)25(23,24)14-19-17-9-3-1-7-15(17)13-16-8-2-4-10-18(16)19/h1-13H,14H2,(H2-,22,23,24)/p+1. The van der Waals surface area contributed by atoms with Gasteiger partial charge in [0.2, 0.25) is 6.20 Å². The number of benzene rings is 3. The summed E-state index contributed by atoms with van der Waals surface area (Å²) in [5.41, 5.74) is 0.873. The summed E-state index contributed by atoms with van der Waals surface area (Å²) in [6.07, 6.45) is 1.39. The van der Waals surface area contributed by atoms with E-state index in [0.717, 1.165) is 31.8 Å². The Morgan fingerprint density at radius 3 is 1.92 bits per heavy atom. The maximum atomic E-state index is 10.8. The lowest BCUT2D eigenvalue weighted by molar-refractivity contribution is -0.933. The van der Waals surface area contributed by atoms with Crippen molar-refractivity contribution in [1.82, 2.24) is 0 Å². The summed E-state index contributed by atoms with van der Waals surface area (Å²) in [6, 6.07) is 22.8. The monoisotopic (exact) mass is 352 g/mol. The second-order valence-electron chi connectivity index (χ2n) is 5.99. The summed E-state index contributed by atoms with van der Waals surface area (Å²) in [4.78, 5) is 0. The van der Waals surface area contributed by atoms with E-state index in [1.165, 1.54) is 12.3 Å². The van der Waals surface area contributed by atoms with Gasteiger partial charge in [0.05, 0.1) is 5.75 Å². The average Bonchev–Trinajstić information content (AvgIpc) is 2.61. The molecule has 0 saturated heterocycles. The zero-order chi connectivity index (χ0) is 17.4. The molecule has 25 heavy (non-hydrogen) atoms. The van der Waals surface area contributed by atoms with E-state index in [9.17, 15) is 14.3 Å². The molecule has 0 aliphatic rings. The van der Waals surface area contributed by atoms with Crippen LogP contribution in [0.15, 0.2) is 84.0 Å². The first-order valence-electron chi connectivity index (χ1n) is 7.91. The van der Waals surface area contributed by atoms with Gasteiger partial charge in [-0.3, -0.25) is 14.3 Å². The van der Waals surface area contributed by atoms with Gasteiger partial charge in [-0.25, -0.2) is 0 Å². The van der Waals surface area contributed by atoms with Gasteiger partial charge in [0, 0.05) is 16.9 Å². The molecule has 4 aromatic rings. The van der Waals surface area contributed by atoms with Crippen LogP contribution in [0.2, 0.25) is 0 Å². The van der Waals surface area contributed by atoms with Crippen molar-refractivity contribution in [2.75, 3.05) is 0 Å². The number of pyridine rings is 1. The minimum absolute atomic E-state index is 0.0411. The van der Waals surface area contributed by atoms with Gasteiger partial charge >= 0.3 is 5.03 Å². The second kappa shape index (κ2) is 6.04. The van der Waals surface area contributed by atoms with Crippen molar-refractivity contribution in [3.05, 3.63) is 84.6 Å². The van der Waals surface area contributed by atoms with E-state index in [1.807, 2.05) is 48.5 Å². The van der Waals surface area contributed by atoms with E-state index in [1.54, 1.807) is 12.1 Å². The first kappa shape index (κ1) is 15.9. The number of hydrogen-bond donors (Lipinski definition) is 3. The largest absolute Gasteiger partial charge is 0.344 e. The molecule has 0 atom stereocenters. The molecule has 0 spiro atoms. The highest BCUT2D eigenvalue weighted by atomic mass is 32.3. The van der Waals surface area contributed by atoms with Gasteiger partial charge in [-0.15, -0.1) is 10.6 Å². The molecule has 1 heterocycles. The molecule has 0 saturated carbocycles. The molecule has 0 aliphatic heterocycles. The fourth-order valence-corrected chi connectivity index (χ4v) is 4.73. The molecule has 4 rings (SSSR count). The van der Waals surface area contributed by atoms with E-state index in [4.69, 9.17) is 0 Å². The van der Waals surface area contributed by atoms with Crippen LogP contribution in [0.3, 0.4) is 0 Å². The molecule has 0 radical (unpaired) electrons. The summed E-state index contributed by atoms with van der Waals surface area (Å²) in [5, 5.41) is 14.2. The summed E-state index contributed by atoms with van der Waals surface area (Å²) in [6.45, 7) is 0. The van der Waals surface area contributed by atoms with Gasteiger partial charge in [-0.1, -0.05) is 48.5 Å². The molecule has 0 amide bonds. The molecule has 126 valence electrons. The first-order valence-corrected chi connectivity index (χ1v) is 9.63. The number of fused-ring (bicyclic) bond motifs is 2. The van der Waals surface area contributed by atoms with E-state index in [-0.39, 0.29) is 10.8 Å². The molecule has 0 fully saturated rings. The van der Waals surface area contributed by atoms with Crippen LogP contribution in [0.4, 0.5) is 0 Å². The minimum atomic E-state index is -3.21. The minimum Gasteiger partial charge on any atom is -0.290 e. The van der Waals surface area contributed by atoms with Crippen LogP contribution < -0.4 is 4.73 Å². The van der Waals surface area contributed by atoms with Crippen LogP contribution in [0.1, 0.15) is 5.56 Å². The maximum Gasteiger partial charge on any atom is 0.344 e. The Balaban J connectivity index is 1.94. The molecule has 5 heteroatoms. The van der Waals surface area contributed by atoms with Crippen LogP contribution >= 0.6 is 10.6 Å². The molecule has 1 aromatic heterocycles. The van der Waals surface area contributed by atoms with Gasteiger partial charge in [-0.2, -0.15) is 0 Å². The lowest BCUT2D eigenvalue weighted by Gasteiger charge is -2.28. The summed E-state index contributed by atoms with van der Waals surface area (Å²) in [5.74, 6) is 0.0411. The van der Waals surface area contributed by atoms with Crippen molar-refractivity contribution < 1.29 is 19.0 Å². The quantitative estimate of drug-likeness (QED) is 0.281. The first-order chi connectivity index (χ1) is 12.1. The molecule has 4 nitrogen and oxygen atoms in total. The highest BCUT2D eigenvalue weighted by Gasteiger charge is 2.28. The van der Waals surface area contributed by atoms with Crippen molar-refractivity contribution in [3.63, 3.8) is 0 Å². The summed E-state index contributed by atoms with van der Waals surface area (Å²) >= 11 is 0. The highest BCUT2D eigenvalue weighted by molar-refractivity contribution is 8.23. The Labute approximate surface area is 146 Å². The van der Waals surface area contributed by atoms with E-state index >= 15 is 0 Å². The summed E-state index contributed by atoms with van der Waals surface area (Å²) in [7, 11) is -3.21. The Morgan fingerprint density at radius 2 is 1.32 bits per heavy atom. The molecular weight excluding hydrogens is 334 g/mol. The maximum absolute atomic E-state index is 10.8. The number of aromatic nitrogens is 1. The predicted octanol–water partition coefficient (Wildman–Crippen LogP) is 4.83. The smallest absolute Gasteiger partial charge is 0.290 e. The molecule has 3 aromatic carbocycles. The van der Waals surface area contributed by atoms with Crippen molar-refractivity contribution in [1.29, 1.82) is 0 Å². The number of rotatable bonds is 3.